The van der Waals surface area contributed by atoms with E-state index in [9.17, 15) is 10.2 Å². The molecule has 0 aliphatic carbocycles. The minimum atomic E-state index is -3.89. The van der Waals surface area contributed by atoms with Crippen LogP contribution in [0.25, 0.3) is 11.2 Å². The number of nitrogen functional groups attached to an aromatic ring is 1. The van der Waals surface area contributed by atoms with E-state index >= 15 is 0 Å². The number of fused-ring (bicyclic) bond motifs is 1. The van der Waals surface area contributed by atoms with E-state index in [1.54, 1.807) is 0 Å². The molecule has 11 nitrogen and oxygen atoms in total. The Morgan fingerprint density at radius 1 is 1.30 bits per heavy atom. The number of nitrogens with two attached hydrogens (primary N) is 1. The average Bonchev–Trinajstić information content (AvgIpc) is 3.01. The summed E-state index contributed by atoms with van der Waals surface area (Å²) in [6.45, 7) is -4.27. The molecule has 0 spiro atoms. The van der Waals surface area contributed by atoms with Gasteiger partial charge in [-0.1, -0.05) is 0 Å². The molecule has 2 aromatic rings. The maximum absolute atomic E-state index is 10.2. The first-order valence-electron chi connectivity index (χ1n) is 6.42. The Morgan fingerprint density at radius 3 is 2.74 bits per heavy atom. The number of ether oxygens (including phenoxy) is 1. The van der Waals surface area contributed by atoms with Gasteiger partial charge in [-0.15, -0.1) is 0 Å². The van der Waals surface area contributed by atoms with Gasteiger partial charge in [0.2, 0.25) is 0 Å². The Morgan fingerprint density at radius 2 is 2.04 bits per heavy atom. The van der Waals surface area contributed by atoms with Gasteiger partial charge < -0.3 is 35.0 Å². The third-order valence-corrected chi connectivity index (χ3v) is 4.21. The molecule has 1 aliphatic heterocycles. The van der Waals surface area contributed by atoms with Crippen LogP contribution in [0, 0.1) is 0 Å². The van der Waals surface area contributed by atoms with Gasteiger partial charge in [-0.2, -0.15) is 0 Å². The molecule has 0 bridgehead atoms. The molecule has 0 radical (unpaired) electrons. The molecule has 4 atom stereocenters. The first-order valence-corrected chi connectivity index (χ1v) is 9.05. The summed E-state index contributed by atoms with van der Waals surface area (Å²) < 4.78 is 11.6. The van der Waals surface area contributed by atoms with Crippen molar-refractivity contribution in [3.8, 4) is 0 Å². The molecule has 126 valence electrons. The van der Waals surface area contributed by atoms with Crippen molar-refractivity contribution in [3.63, 3.8) is 0 Å². The Hall–Kier alpha value is -1.24. The highest BCUT2D eigenvalue weighted by molar-refractivity contribution is 8.06. The smallest absolute Gasteiger partial charge is 0.321 e. The fourth-order valence-corrected chi connectivity index (χ4v) is 2.85. The Bertz CT molecular complexity index is 767. The number of nitrogens with zero attached hydrogens (tertiary/aromatic N) is 4. The zero-order valence-electron chi connectivity index (χ0n) is 11.5. The van der Waals surface area contributed by atoms with Crippen molar-refractivity contribution in [2.75, 3.05) is 12.3 Å². The van der Waals surface area contributed by atoms with E-state index in [0.29, 0.717) is 11.2 Å². The highest BCUT2D eigenvalue weighted by Gasteiger charge is 2.44. The Balaban J connectivity index is 1.85. The highest BCUT2D eigenvalue weighted by Crippen LogP contribution is 2.39. The molecule has 23 heavy (non-hydrogen) atoms. The third-order valence-electron chi connectivity index (χ3n) is 3.41. The normalized spacial score (nSPS) is 28.5. The molecule has 3 rings (SSSR count). The fourth-order valence-electron chi connectivity index (χ4n) is 2.32. The predicted molar refractivity (Wildman–Crippen MR) is 80.3 cm³/mol. The van der Waals surface area contributed by atoms with E-state index in [1.165, 1.54) is 17.2 Å². The molecular weight excluding hydrogens is 349 g/mol. The third kappa shape index (κ3) is 3.20. The summed E-state index contributed by atoms with van der Waals surface area (Å²) in [4.78, 5) is 30.0. The van der Waals surface area contributed by atoms with E-state index in [1.807, 2.05) is 0 Å². The van der Waals surface area contributed by atoms with E-state index in [0.717, 1.165) is 0 Å². The second-order valence-corrected chi connectivity index (χ2v) is 7.58. The van der Waals surface area contributed by atoms with Gasteiger partial charge >= 0.3 is 6.72 Å². The minimum Gasteiger partial charge on any atom is -0.387 e. The number of hydrogen-bond donors (Lipinski definition) is 5. The Kier molecular flexibility index (Phi) is 4.33. The lowest BCUT2D eigenvalue weighted by atomic mass is 10.1. The lowest BCUT2D eigenvalue weighted by Crippen LogP contribution is -2.33. The SMILES string of the molecule is Nc1ncnc2c1ncn2C1OC(COP(O)(O)=S)C(O)C1O. The molecule has 1 aliphatic rings. The van der Waals surface area contributed by atoms with Crippen molar-refractivity contribution in [3.05, 3.63) is 12.7 Å². The van der Waals surface area contributed by atoms with Crippen molar-refractivity contribution in [1.29, 1.82) is 0 Å². The average molecular weight is 363 g/mol. The number of anilines is 1. The zero-order valence-corrected chi connectivity index (χ0v) is 13.2. The monoisotopic (exact) mass is 363 g/mol. The van der Waals surface area contributed by atoms with Crippen LogP contribution in [0.15, 0.2) is 12.7 Å². The van der Waals surface area contributed by atoms with E-state index in [4.69, 9.17) is 20.3 Å². The summed E-state index contributed by atoms with van der Waals surface area (Å²) in [5, 5.41) is 20.2. The molecule has 6 N–H and O–H groups in total. The standard InChI is InChI=1S/C10H14N5O6PS/c11-8-5-9(13-2-12-8)15(3-14-5)10-7(17)6(16)4(21-10)1-20-22(18,19)23/h2-4,6-7,10,16-17H,1H2,(H2,11,12,13)(H2,18,19,23). The second-order valence-electron chi connectivity index (χ2n) is 4.92. The lowest BCUT2D eigenvalue weighted by molar-refractivity contribution is -0.0487. The van der Waals surface area contributed by atoms with Gasteiger partial charge in [0, 0.05) is 0 Å². The molecule has 3 heterocycles. The molecule has 4 unspecified atom stereocenters. The first kappa shape index (κ1) is 16.6. The summed E-state index contributed by atoms with van der Waals surface area (Å²) in [5.74, 6) is 0.169. The number of imidazole rings is 1. The number of hydrogen-bond acceptors (Lipinski definition) is 9. The lowest BCUT2D eigenvalue weighted by Gasteiger charge is -2.16. The molecule has 0 aromatic carbocycles. The number of aromatic nitrogens is 4. The van der Waals surface area contributed by atoms with E-state index in [2.05, 4.69) is 31.3 Å². The number of rotatable bonds is 4. The van der Waals surface area contributed by atoms with Crippen LogP contribution < -0.4 is 5.73 Å². The Labute approximate surface area is 134 Å². The second kappa shape index (κ2) is 6.00. The van der Waals surface area contributed by atoms with Crippen LogP contribution in [-0.2, 0) is 21.1 Å². The van der Waals surface area contributed by atoms with Gasteiger partial charge in [0.25, 0.3) is 0 Å². The summed E-state index contributed by atoms with van der Waals surface area (Å²) >= 11 is 4.33. The zero-order chi connectivity index (χ0) is 16.8. The molecular formula is C10H14N5O6PS. The fraction of sp³-hybridized carbons (Fsp3) is 0.500. The molecule has 1 fully saturated rings. The summed E-state index contributed by atoms with van der Waals surface area (Å²) in [6.07, 6.45) is -2.06. The van der Waals surface area contributed by atoms with Gasteiger partial charge in [0.1, 0.15) is 30.2 Å². The van der Waals surface area contributed by atoms with Crippen LogP contribution >= 0.6 is 6.72 Å². The van der Waals surface area contributed by atoms with Crippen LogP contribution in [0.5, 0.6) is 0 Å². The number of aliphatic hydroxyl groups excluding tert-OH is 2. The van der Waals surface area contributed by atoms with Gasteiger partial charge in [-0.3, -0.25) is 4.57 Å². The van der Waals surface area contributed by atoms with E-state index < -0.39 is 31.3 Å². The summed E-state index contributed by atoms with van der Waals surface area (Å²) in [6, 6.07) is 0. The summed E-state index contributed by atoms with van der Waals surface area (Å²) in [5.41, 5.74) is 6.35. The van der Waals surface area contributed by atoms with Gasteiger partial charge in [0.15, 0.2) is 17.7 Å². The van der Waals surface area contributed by atoms with Crippen LogP contribution in [0.1, 0.15) is 6.23 Å². The van der Waals surface area contributed by atoms with Crippen molar-refractivity contribution < 1.29 is 29.3 Å². The molecule has 1 saturated heterocycles. The molecule has 0 saturated carbocycles. The molecule has 13 heteroatoms. The number of aliphatic hydroxyl groups is 2. The topological polar surface area (TPSA) is 169 Å². The van der Waals surface area contributed by atoms with Gasteiger partial charge in [0.05, 0.1) is 12.9 Å². The van der Waals surface area contributed by atoms with Crippen molar-refractivity contribution in [2.24, 2.45) is 0 Å². The van der Waals surface area contributed by atoms with Crippen molar-refractivity contribution in [2.45, 2.75) is 24.5 Å². The van der Waals surface area contributed by atoms with Crippen LogP contribution in [0.2, 0.25) is 0 Å². The maximum atomic E-state index is 10.2. The molecule has 0 amide bonds. The van der Waals surface area contributed by atoms with Crippen molar-refractivity contribution >= 4 is 35.5 Å². The van der Waals surface area contributed by atoms with Crippen LogP contribution in [0.4, 0.5) is 5.82 Å². The van der Waals surface area contributed by atoms with Crippen LogP contribution in [-0.4, -0.2) is 64.4 Å². The maximum Gasteiger partial charge on any atom is 0.321 e. The quantitative estimate of drug-likeness (QED) is 0.391. The van der Waals surface area contributed by atoms with E-state index in [-0.39, 0.29) is 12.4 Å². The minimum absolute atomic E-state index is 0.169. The van der Waals surface area contributed by atoms with Crippen LogP contribution in [0.3, 0.4) is 0 Å². The van der Waals surface area contributed by atoms with Crippen molar-refractivity contribution in [1.82, 2.24) is 19.5 Å². The first-order chi connectivity index (χ1) is 10.8. The predicted octanol–water partition coefficient (Wildman–Crippen LogP) is -1.75. The van der Waals surface area contributed by atoms with Gasteiger partial charge in [-0.25, -0.2) is 15.0 Å². The molecule has 2 aromatic heterocycles. The summed E-state index contributed by atoms with van der Waals surface area (Å²) in [7, 11) is 0. The van der Waals surface area contributed by atoms with Gasteiger partial charge in [-0.05, 0) is 11.8 Å². The largest absolute Gasteiger partial charge is 0.387 e. The highest BCUT2D eigenvalue weighted by atomic mass is 32.5.